The molecule has 2 aromatic carbocycles. The fourth-order valence-corrected chi connectivity index (χ4v) is 2.82. The number of carbonyl (C=O) groups is 2. The van der Waals surface area contributed by atoms with Gasteiger partial charge in [0.2, 0.25) is 5.90 Å². The fraction of sp³-hybridized carbons (Fsp3) is 0.190. The van der Waals surface area contributed by atoms with Gasteiger partial charge in [-0.15, -0.1) is 0 Å². The summed E-state index contributed by atoms with van der Waals surface area (Å²) in [7, 11) is 1.47. The molecule has 0 bridgehead atoms. The van der Waals surface area contributed by atoms with Crippen molar-refractivity contribution in [2.45, 2.75) is 6.92 Å². The first kappa shape index (κ1) is 20.4. The van der Waals surface area contributed by atoms with E-state index in [1.54, 1.807) is 49.4 Å². The Morgan fingerprint density at radius 1 is 1.21 bits per heavy atom. The van der Waals surface area contributed by atoms with E-state index in [9.17, 15) is 9.59 Å². The van der Waals surface area contributed by atoms with Crippen LogP contribution in [0.15, 0.2) is 53.2 Å². The van der Waals surface area contributed by atoms with E-state index in [2.05, 4.69) is 4.99 Å². The maximum atomic E-state index is 12.3. The molecule has 0 N–H and O–H groups in total. The number of nitrogens with zero attached hydrogens (tertiary/aromatic N) is 1. The molecule has 8 heteroatoms. The number of cyclic esters (lactones) is 1. The van der Waals surface area contributed by atoms with E-state index in [4.69, 9.17) is 30.5 Å². The Hall–Kier alpha value is -3.32. The second-order valence-corrected chi connectivity index (χ2v) is 6.20. The third-order valence-corrected chi connectivity index (χ3v) is 4.22. The van der Waals surface area contributed by atoms with Gasteiger partial charge in [-0.3, -0.25) is 0 Å². The number of carbonyl (C=O) groups excluding carboxylic acids is 2. The number of rotatable bonds is 7. The van der Waals surface area contributed by atoms with Gasteiger partial charge < -0.3 is 18.9 Å². The van der Waals surface area contributed by atoms with Gasteiger partial charge in [-0.2, -0.15) is 0 Å². The zero-order valence-electron chi connectivity index (χ0n) is 15.8. The summed E-state index contributed by atoms with van der Waals surface area (Å²) in [5, 5.41) is 0.417. The van der Waals surface area contributed by atoms with E-state index < -0.39 is 11.9 Å². The fourth-order valence-electron chi connectivity index (χ4n) is 2.60. The lowest BCUT2D eigenvalue weighted by molar-refractivity contribution is -0.145. The van der Waals surface area contributed by atoms with Crippen molar-refractivity contribution in [3.05, 3.63) is 64.3 Å². The standard InChI is InChI=1S/C21H18ClNO6/c1-3-27-18(24)12-28-19-13(7-6-10-17(19)26-2)11-16-21(25)29-20(23-16)14-8-4-5-9-15(14)22/h4-11H,3,12H2,1-2H3. The molecule has 2 aromatic rings. The van der Waals surface area contributed by atoms with Gasteiger partial charge in [0, 0.05) is 5.56 Å². The molecule has 1 heterocycles. The molecular weight excluding hydrogens is 398 g/mol. The first-order chi connectivity index (χ1) is 14.0. The summed E-state index contributed by atoms with van der Waals surface area (Å²) in [6.07, 6.45) is 1.50. The van der Waals surface area contributed by atoms with Crippen LogP contribution in [-0.4, -0.2) is 38.2 Å². The van der Waals surface area contributed by atoms with Crippen LogP contribution in [0.3, 0.4) is 0 Å². The van der Waals surface area contributed by atoms with Crippen molar-refractivity contribution in [2.75, 3.05) is 20.3 Å². The molecule has 0 saturated carbocycles. The smallest absolute Gasteiger partial charge is 0.363 e. The Bertz CT molecular complexity index is 998. The minimum Gasteiger partial charge on any atom is -0.493 e. The normalized spacial score (nSPS) is 14.4. The second-order valence-electron chi connectivity index (χ2n) is 5.79. The molecule has 0 fully saturated rings. The van der Waals surface area contributed by atoms with Gasteiger partial charge in [0.05, 0.1) is 24.3 Å². The van der Waals surface area contributed by atoms with E-state index in [1.807, 2.05) is 0 Å². The number of aliphatic imine (C=N–C) groups is 1. The molecule has 0 unspecified atom stereocenters. The number of ether oxygens (including phenoxy) is 4. The summed E-state index contributed by atoms with van der Waals surface area (Å²) in [5.41, 5.74) is 1.06. The summed E-state index contributed by atoms with van der Waals surface area (Å²) in [5.74, 6) is -0.353. The number of hydrogen-bond donors (Lipinski definition) is 0. The SMILES string of the molecule is CCOC(=O)COc1c(C=C2N=C(c3ccccc3Cl)OC2=O)cccc1OC. The average Bonchev–Trinajstić information content (AvgIpc) is 3.07. The molecular formula is C21H18ClNO6. The molecule has 0 amide bonds. The average molecular weight is 416 g/mol. The predicted molar refractivity (Wildman–Crippen MR) is 107 cm³/mol. The van der Waals surface area contributed by atoms with Crippen LogP contribution in [0.25, 0.3) is 6.08 Å². The van der Waals surface area contributed by atoms with Gasteiger partial charge in [-0.25, -0.2) is 14.6 Å². The molecule has 1 aliphatic heterocycles. The third-order valence-electron chi connectivity index (χ3n) is 3.89. The molecule has 0 aromatic heterocycles. The van der Waals surface area contributed by atoms with Crippen LogP contribution in [-0.2, 0) is 19.1 Å². The number of para-hydroxylation sites is 1. The van der Waals surface area contributed by atoms with Crippen LogP contribution in [0.2, 0.25) is 5.02 Å². The monoisotopic (exact) mass is 415 g/mol. The van der Waals surface area contributed by atoms with Crippen molar-refractivity contribution in [2.24, 2.45) is 4.99 Å². The minimum atomic E-state index is -0.626. The first-order valence-corrected chi connectivity index (χ1v) is 9.14. The number of benzene rings is 2. The Balaban J connectivity index is 1.94. The molecule has 29 heavy (non-hydrogen) atoms. The van der Waals surface area contributed by atoms with Crippen LogP contribution in [0.4, 0.5) is 0 Å². The zero-order valence-corrected chi connectivity index (χ0v) is 16.6. The lowest BCUT2D eigenvalue weighted by Crippen LogP contribution is -2.15. The van der Waals surface area contributed by atoms with Crippen LogP contribution in [0.1, 0.15) is 18.1 Å². The highest BCUT2D eigenvalue weighted by atomic mass is 35.5. The molecule has 7 nitrogen and oxygen atoms in total. The number of methoxy groups -OCH3 is 1. The number of esters is 2. The van der Waals surface area contributed by atoms with Gasteiger partial charge in [0.15, 0.2) is 23.8 Å². The van der Waals surface area contributed by atoms with Crippen molar-refractivity contribution >= 4 is 35.5 Å². The van der Waals surface area contributed by atoms with Crippen LogP contribution < -0.4 is 9.47 Å². The van der Waals surface area contributed by atoms with Gasteiger partial charge in [-0.1, -0.05) is 35.9 Å². The Morgan fingerprint density at radius 2 is 2.00 bits per heavy atom. The van der Waals surface area contributed by atoms with Gasteiger partial charge in [0.1, 0.15) is 0 Å². The van der Waals surface area contributed by atoms with Crippen molar-refractivity contribution in [1.29, 1.82) is 0 Å². The Kier molecular flexibility index (Phi) is 6.51. The van der Waals surface area contributed by atoms with Crippen LogP contribution in [0.5, 0.6) is 11.5 Å². The maximum Gasteiger partial charge on any atom is 0.363 e. The van der Waals surface area contributed by atoms with Gasteiger partial charge >= 0.3 is 11.9 Å². The van der Waals surface area contributed by atoms with E-state index in [0.29, 0.717) is 21.9 Å². The van der Waals surface area contributed by atoms with E-state index in [1.165, 1.54) is 13.2 Å². The van der Waals surface area contributed by atoms with Crippen molar-refractivity contribution < 1.29 is 28.5 Å². The molecule has 150 valence electrons. The highest BCUT2D eigenvalue weighted by Crippen LogP contribution is 2.34. The molecule has 0 atom stereocenters. The molecule has 3 rings (SSSR count). The zero-order chi connectivity index (χ0) is 20.8. The minimum absolute atomic E-state index is 0.0640. The quantitative estimate of drug-likeness (QED) is 0.507. The second kappa shape index (κ2) is 9.25. The Labute approximate surface area is 172 Å². The highest BCUT2D eigenvalue weighted by molar-refractivity contribution is 6.34. The van der Waals surface area contributed by atoms with E-state index >= 15 is 0 Å². The van der Waals surface area contributed by atoms with Crippen LogP contribution in [0, 0.1) is 0 Å². The predicted octanol–water partition coefficient (Wildman–Crippen LogP) is 3.64. The molecule has 0 aliphatic carbocycles. The van der Waals surface area contributed by atoms with Gasteiger partial charge in [0.25, 0.3) is 0 Å². The van der Waals surface area contributed by atoms with Crippen molar-refractivity contribution in [3.63, 3.8) is 0 Å². The van der Waals surface area contributed by atoms with Crippen molar-refractivity contribution in [3.8, 4) is 11.5 Å². The lowest BCUT2D eigenvalue weighted by atomic mass is 10.1. The topological polar surface area (TPSA) is 83.4 Å². The highest BCUT2D eigenvalue weighted by Gasteiger charge is 2.26. The number of hydrogen-bond acceptors (Lipinski definition) is 7. The Morgan fingerprint density at radius 3 is 2.72 bits per heavy atom. The molecule has 1 aliphatic rings. The summed E-state index contributed by atoms with van der Waals surface area (Å²) < 4.78 is 21.0. The maximum absolute atomic E-state index is 12.3. The lowest BCUT2D eigenvalue weighted by Gasteiger charge is -2.12. The largest absolute Gasteiger partial charge is 0.493 e. The number of halogens is 1. The molecule has 0 saturated heterocycles. The summed E-state index contributed by atoms with van der Waals surface area (Å²) in [6, 6.07) is 12.0. The third kappa shape index (κ3) is 4.75. The summed E-state index contributed by atoms with van der Waals surface area (Å²) >= 11 is 6.15. The van der Waals surface area contributed by atoms with E-state index in [0.717, 1.165) is 0 Å². The van der Waals surface area contributed by atoms with Gasteiger partial charge in [-0.05, 0) is 31.2 Å². The molecule has 0 spiro atoms. The van der Waals surface area contributed by atoms with Crippen LogP contribution >= 0.6 is 11.6 Å². The van der Waals surface area contributed by atoms with E-state index in [-0.39, 0.29) is 30.6 Å². The summed E-state index contributed by atoms with van der Waals surface area (Å²) in [6.45, 7) is 1.65. The summed E-state index contributed by atoms with van der Waals surface area (Å²) in [4.78, 5) is 28.2. The van der Waals surface area contributed by atoms with Crippen molar-refractivity contribution in [1.82, 2.24) is 0 Å². The first-order valence-electron chi connectivity index (χ1n) is 8.76. The molecule has 0 radical (unpaired) electrons.